The van der Waals surface area contributed by atoms with Gasteiger partial charge in [-0.05, 0) is 34.6 Å². The molecule has 1 aliphatic rings. The normalized spacial score (nSPS) is 14.2. The van der Waals surface area contributed by atoms with Crippen LogP contribution in [0.2, 0.25) is 0 Å². The molecule has 0 spiro atoms. The Labute approximate surface area is 144 Å². The molecule has 2 aromatic rings. The Morgan fingerprint density at radius 3 is 2.08 bits per heavy atom. The highest BCUT2D eigenvalue weighted by molar-refractivity contribution is 5.79. The van der Waals surface area contributed by atoms with E-state index in [2.05, 4.69) is 62.5 Å². The first-order valence-corrected chi connectivity index (χ1v) is 8.73. The summed E-state index contributed by atoms with van der Waals surface area (Å²) in [6.07, 6.45) is 0.583. The van der Waals surface area contributed by atoms with Gasteiger partial charge in [0.25, 0.3) is 0 Å². The highest BCUT2D eigenvalue weighted by Gasteiger charge is 2.29. The number of fused-ring (bicyclic) bond motifs is 3. The maximum Gasteiger partial charge on any atom is 0.407 e. The van der Waals surface area contributed by atoms with Crippen LogP contribution in [0.25, 0.3) is 11.1 Å². The highest BCUT2D eigenvalue weighted by Crippen LogP contribution is 2.44. The summed E-state index contributed by atoms with van der Waals surface area (Å²) in [6.45, 7) is 6.67. The lowest BCUT2D eigenvalue weighted by Crippen LogP contribution is -2.38. The van der Waals surface area contributed by atoms with Crippen molar-refractivity contribution in [3.63, 3.8) is 0 Å². The predicted molar refractivity (Wildman–Crippen MR) is 97.1 cm³/mol. The summed E-state index contributed by atoms with van der Waals surface area (Å²) < 4.78 is 5.57. The first-order chi connectivity index (χ1) is 11.6. The SMILES string of the molecule is CCC(NC(=O)OCC1c2ccccc2-c2ccccc21)C(C)C. The topological polar surface area (TPSA) is 38.3 Å². The number of rotatable bonds is 5. The van der Waals surface area contributed by atoms with Crippen LogP contribution >= 0.6 is 0 Å². The summed E-state index contributed by atoms with van der Waals surface area (Å²) in [4.78, 5) is 12.2. The van der Waals surface area contributed by atoms with Crippen LogP contribution in [-0.4, -0.2) is 18.7 Å². The molecule has 1 atom stereocenters. The first kappa shape index (κ1) is 16.6. The zero-order valence-corrected chi connectivity index (χ0v) is 14.6. The minimum Gasteiger partial charge on any atom is -0.449 e. The van der Waals surface area contributed by atoms with Gasteiger partial charge in [0.05, 0.1) is 0 Å². The van der Waals surface area contributed by atoms with Crippen molar-refractivity contribution in [2.45, 2.75) is 39.2 Å². The number of amides is 1. The van der Waals surface area contributed by atoms with Crippen LogP contribution in [0.15, 0.2) is 48.5 Å². The van der Waals surface area contributed by atoms with Crippen molar-refractivity contribution in [2.75, 3.05) is 6.61 Å². The molecule has 0 bridgehead atoms. The van der Waals surface area contributed by atoms with Crippen molar-refractivity contribution in [1.29, 1.82) is 0 Å². The van der Waals surface area contributed by atoms with E-state index in [-0.39, 0.29) is 18.1 Å². The van der Waals surface area contributed by atoms with Crippen molar-refractivity contribution >= 4 is 6.09 Å². The van der Waals surface area contributed by atoms with Crippen LogP contribution in [-0.2, 0) is 4.74 Å². The molecule has 1 aliphatic carbocycles. The molecular weight excluding hydrogens is 298 g/mol. The summed E-state index contributed by atoms with van der Waals surface area (Å²) in [6, 6.07) is 16.9. The van der Waals surface area contributed by atoms with E-state index in [4.69, 9.17) is 4.74 Å². The van der Waals surface area contributed by atoms with Gasteiger partial charge in [-0.2, -0.15) is 0 Å². The Bertz CT molecular complexity index is 678. The van der Waals surface area contributed by atoms with Gasteiger partial charge >= 0.3 is 6.09 Å². The zero-order valence-electron chi connectivity index (χ0n) is 14.6. The lowest BCUT2D eigenvalue weighted by Gasteiger charge is -2.21. The molecule has 0 saturated carbocycles. The second kappa shape index (κ2) is 7.08. The maximum absolute atomic E-state index is 12.2. The average molecular weight is 323 g/mol. The van der Waals surface area contributed by atoms with Crippen molar-refractivity contribution in [3.8, 4) is 11.1 Å². The number of ether oxygens (including phenoxy) is 1. The number of carbonyl (C=O) groups is 1. The van der Waals surface area contributed by atoms with Crippen LogP contribution in [0.1, 0.15) is 44.2 Å². The summed E-state index contributed by atoms with van der Waals surface area (Å²) in [5.74, 6) is 0.512. The first-order valence-electron chi connectivity index (χ1n) is 8.73. The molecule has 3 heteroatoms. The molecule has 126 valence electrons. The minimum absolute atomic E-state index is 0.113. The van der Waals surface area contributed by atoms with E-state index in [1.807, 2.05) is 12.1 Å². The summed E-state index contributed by atoms with van der Waals surface area (Å²) in [5, 5.41) is 2.98. The molecule has 0 aromatic heterocycles. The molecule has 0 radical (unpaired) electrons. The van der Waals surface area contributed by atoms with Gasteiger partial charge in [-0.1, -0.05) is 69.3 Å². The van der Waals surface area contributed by atoms with Crippen molar-refractivity contribution < 1.29 is 9.53 Å². The molecule has 1 amide bonds. The largest absolute Gasteiger partial charge is 0.449 e. The van der Waals surface area contributed by atoms with E-state index in [0.29, 0.717) is 12.5 Å². The highest BCUT2D eigenvalue weighted by atomic mass is 16.5. The quantitative estimate of drug-likeness (QED) is 0.844. The Hall–Kier alpha value is -2.29. The monoisotopic (exact) mass is 323 g/mol. The van der Waals surface area contributed by atoms with Crippen molar-refractivity contribution in [3.05, 3.63) is 59.7 Å². The molecule has 0 saturated heterocycles. The lowest BCUT2D eigenvalue weighted by molar-refractivity contribution is 0.135. The van der Waals surface area contributed by atoms with Crippen LogP contribution < -0.4 is 5.32 Å². The second-order valence-electron chi connectivity index (χ2n) is 6.73. The molecule has 0 fully saturated rings. The van der Waals surface area contributed by atoms with Gasteiger partial charge in [0, 0.05) is 12.0 Å². The fourth-order valence-electron chi connectivity index (χ4n) is 3.53. The van der Waals surface area contributed by atoms with Gasteiger partial charge < -0.3 is 10.1 Å². The number of nitrogens with one attached hydrogen (secondary N) is 1. The predicted octanol–water partition coefficient (Wildman–Crippen LogP) is 4.96. The van der Waals surface area contributed by atoms with E-state index in [0.717, 1.165) is 6.42 Å². The number of hydrogen-bond acceptors (Lipinski definition) is 2. The van der Waals surface area contributed by atoms with Gasteiger partial charge in [0.15, 0.2) is 0 Å². The number of hydrogen-bond donors (Lipinski definition) is 1. The van der Waals surface area contributed by atoms with Crippen LogP contribution in [0.3, 0.4) is 0 Å². The summed E-state index contributed by atoms with van der Waals surface area (Å²) >= 11 is 0. The summed E-state index contributed by atoms with van der Waals surface area (Å²) in [5.41, 5.74) is 4.97. The van der Waals surface area contributed by atoms with Gasteiger partial charge in [-0.25, -0.2) is 4.79 Å². The van der Waals surface area contributed by atoms with Crippen LogP contribution in [0.5, 0.6) is 0 Å². The van der Waals surface area contributed by atoms with Gasteiger partial charge in [0.1, 0.15) is 6.61 Å². The third-order valence-corrected chi connectivity index (χ3v) is 4.89. The van der Waals surface area contributed by atoms with E-state index in [1.54, 1.807) is 0 Å². The van der Waals surface area contributed by atoms with Gasteiger partial charge in [-0.3, -0.25) is 0 Å². The van der Waals surface area contributed by atoms with E-state index < -0.39 is 0 Å². The zero-order chi connectivity index (χ0) is 17.1. The second-order valence-corrected chi connectivity index (χ2v) is 6.73. The van der Waals surface area contributed by atoms with Crippen molar-refractivity contribution in [2.24, 2.45) is 5.92 Å². The third-order valence-electron chi connectivity index (χ3n) is 4.89. The minimum atomic E-state index is -0.322. The molecule has 0 heterocycles. The fraction of sp³-hybridized carbons (Fsp3) is 0.381. The molecule has 2 aromatic carbocycles. The molecule has 0 aliphatic heterocycles. The smallest absolute Gasteiger partial charge is 0.407 e. The summed E-state index contributed by atoms with van der Waals surface area (Å²) in [7, 11) is 0. The third kappa shape index (κ3) is 3.16. The number of benzene rings is 2. The fourth-order valence-corrected chi connectivity index (χ4v) is 3.53. The maximum atomic E-state index is 12.2. The van der Waals surface area contributed by atoms with E-state index >= 15 is 0 Å². The number of alkyl carbamates (subject to hydrolysis) is 1. The molecule has 1 unspecified atom stereocenters. The Morgan fingerprint density at radius 2 is 1.58 bits per heavy atom. The van der Waals surface area contributed by atoms with Gasteiger partial charge in [0.2, 0.25) is 0 Å². The van der Waals surface area contributed by atoms with Crippen LogP contribution in [0.4, 0.5) is 4.79 Å². The standard InChI is InChI=1S/C21H25NO2/c1-4-20(14(2)3)22-21(23)24-13-19-17-11-7-5-9-15(17)16-10-6-8-12-18(16)19/h5-12,14,19-20H,4,13H2,1-3H3,(H,22,23). The molecule has 3 rings (SSSR count). The average Bonchev–Trinajstić information content (AvgIpc) is 2.91. The molecular formula is C21H25NO2. The molecule has 3 nitrogen and oxygen atoms in total. The Morgan fingerprint density at radius 1 is 1.04 bits per heavy atom. The lowest BCUT2D eigenvalue weighted by atomic mass is 9.98. The molecule has 1 N–H and O–H groups in total. The van der Waals surface area contributed by atoms with E-state index in [1.165, 1.54) is 22.3 Å². The van der Waals surface area contributed by atoms with Gasteiger partial charge in [-0.15, -0.1) is 0 Å². The van der Waals surface area contributed by atoms with E-state index in [9.17, 15) is 4.79 Å². The Kier molecular flexibility index (Phi) is 4.89. The molecule has 24 heavy (non-hydrogen) atoms. The Balaban J connectivity index is 1.73. The van der Waals surface area contributed by atoms with Crippen molar-refractivity contribution in [1.82, 2.24) is 5.32 Å². The van der Waals surface area contributed by atoms with Crippen LogP contribution in [0, 0.1) is 5.92 Å². The number of carbonyl (C=O) groups excluding carboxylic acids is 1.